The fraction of sp³-hybridized carbons (Fsp3) is 0.106. The van der Waals surface area contributed by atoms with E-state index in [1.54, 1.807) is 0 Å². The smallest absolute Gasteiger partial charge is 0.326 e. The van der Waals surface area contributed by atoms with E-state index in [1.807, 2.05) is 0 Å². The normalized spacial score (nSPS) is 13.6. The summed E-state index contributed by atoms with van der Waals surface area (Å²) in [6, 6.07) is 53.3. The molecule has 7 aromatic carbocycles. The predicted molar refractivity (Wildman–Crippen MR) is 211 cm³/mol. The van der Waals surface area contributed by atoms with E-state index in [-0.39, 0.29) is 25.6 Å². The van der Waals surface area contributed by atoms with Crippen LogP contribution in [0.15, 0.2) is 133 Å². The van der Waals surface area contributed by atoms with Crippen LogP contribution in [0.1, 0.15) is 29.8 Å². The van der Waals surface area contributed by atoms with Crippen LogP contribution < -0.4 is 0 Å². The van der Waals surface area contributed by atoms with Gasteiger partial charge in [0.25, 0.3) is 0 Å². The maximum Gasteiger partial charge on any atom is 1.00 e. The minimum Gasteiger partial charge on any atom is -0.326 e. The second-order valence-corrected chi connectivity index (χ2v) is 13.7. The van der Waals surface area contributed by atoms with E-state index in [2.05, 4.69) is 176 Å². The Balaban J connectivity index is 0.00000336. The first kappa shape index (κ1) is 30.8. The third-order valence-corrected chi connectivity index (χ3v) is 11.2. The molecule has 0 N–H and O–H groups in total. The average Bonchev–Trinajstić information content (AvgIpc) is 3.46. The van der Waals surface area contributed by atoms with Gasteiger partial charge in [0, 0.05) is 21.7 Å². The summed E-state index contributed by atoms with van der Waals surface area (Å²) in [5.41, 5.74) is 8.89. The number of fused-ring (bicyclic) bond motifs is 14. The number of rotatable bonds is 0. The third-order valence-electron chi connectivity index (χ3n) is 11.2. The Hall–Kier alpha value is -5.24. The van der Waals surface area contributed by atoms with Crippen molar-refractivity contribution < 1.29 is 19.5 Å². The molecule has 1 aliphatic heterocycles. The molecule has 0 amide bonds. The second-order valence-electron chi connectivity index (χ2n) is 13.7. The number of benzene rings is 7. The van der Waals surface area contributed by atoms with Gasteiger partial charge in [-0.25, -0.2) is 0 Å². The van der Waals surface area contributed by atoms with Crippen molar-refractivity contribution in [2.24, 2.45) is 0 Å². The van der Waals surface area contributed by atoms with E-state index in [9.17, 15) is 0 Å². The van der Waals surface area contributed by atoms with Crippen molar-refractivity contribution in [2.45, 2.75) is 33.9 Å². The molecule has 50 heavy (non-hydrogen) atoms. The van der Waals surface area contributed by atoms with Gasteiger partial charge in [-0.15, -0.1) is 35.0 Å². The first-order valence-corrected chi connectivity index (χ1v) is 17.3. The fourth-order valence-electron chi connectivity index (χ4n) is 8.84. The van der Waals surface area contributed by atoms with Crippen LogP contribution in [0.5, 0.6) is 0 Å². The van der Waals surface area contributed by atoms with Crippen LogP contribution in [0.2, 0.25) is 0 Å². The number of aryl methyl sites for hydroxylation is 3. The maximum absolute atomic E-state index is 3.72. The summed E-state index contributed by atoms with van der Waals surface area (Å²) in [5, 5.41) is 14.8. The molecule has 3 heteroatoms. The van der Waals surface area contributed by atoms with E-state index in [1.165, 1.54) is 98.0 Å². The van der Waals surface area contributed by atoms with Gasteiger partial charge < -0.3 is 9.13 Å². The van der Waals surface area contributed by atoms with Crippen LogP contribution in [-0.2, 0) is 19.5 Å². The van der Waals surface area contributed by atoms with E-state index >= 15 is 0 Å². The summed E-state index contributed by atoms with van der Waals surface area (Å²) in [4.78, 5) is 0. The fourth-order valence-corrected chi connectivity index (χ4v) is 8.84. The number of hydrogen-bond acceptors (Lipinski definition) is 0. The van der Waals surface area contributed by atoms with Gasteiger partial charge in [0.1, 0.15) is 6.17 Å². The Bertz CT molecular complexity index is 3050. The summed E-state index contributed by atoms with van der Waals surface area (Å²) >= 11 is 0. The average molecular weight is 729 g/mol. The zero-order valence-corrected chi connectivity index (χ0v) is 30.3. The number of nitrogens with zero attached hydrogens (tertiary/aromatic N) is 2. The largest absolute Gasteiger partial charge is 1.00 e. The molecule has 2 aromatic heterocycles. The zero-order valence-electron chi connectivity index (χ0n) is 28.5. The summed E-state index contributed by atoms with van der Waals surface area (Å²) in [5.74, 6) is 0. The summed E-state index contributed by atoms with van der Waals surface area (Å²) in [6.07, 6.45) is -0.0242. The van der Waals surface area contributed by atoms with Crippen molar-refractivity contribution in [1.82, 2.24) is 9.13 Å². The Morgan fingerprint density at radius 2 is 0.840 bits per heavy atom. The zero-order chi connectivity index (χ0) is 33.0. The molecule has 2 nitrogen and oxygen atoms in total. The van der Waals surface area contributed by atoms with Crippen LogP contribution >= 0.6 is 0 Å². The Kier molecular flexibility index (Phi) is 7.03. The molecule has 0 bridgehead atoms. The van der Waals surface area contributed by atoms with Crippen LogP contribution in [0, 0.1) is 26.8 Å². The Morgan fingerprint density at radius 1 is 0.400 bits per heavy atom. The molecule has 241 valence electrons. The topological polar surface area (TPSA) is 9.86 Å². The monoisotopic (exact) mass is 729 g/mol. The standard InChI is InChI=1S/C47H35N2.Ru/c1-28-24-25-41-37-20-10-6-16-33(37)35-18-8-12-22-39(35)43-27-26-42-38-21-11-7-17-34(38)32-15-5-9-19-36(32)40-23-13-14-29(2)44(40)48-31(4)49(45(41)30(28)3)47(43)46(42)48;/h5-19,21-27,31H,1-4H3;/q-1;+1/t31-;/m1./s1. The SMILES string of the molecule is Cc1ccc2c3[c-]cccc3c3ccccc3c3ccc4c5ccccc5c5ccccc5c5cccc(C)c5n5c4c3n(c2c1C)[C@@H]5C.[Ru+]. The van der Waals surface area contributed by atoms with E-state index in [0.29, 0.717) is 0 Å². The Labute approximate surface area is 304 Å². The number of hydrogen-bond donors (Lipinski definition) is 0. The minimum atomic E-state index is -0.0242. The molecule has 1 atom stereocenters. The molecule has 0 spiro atoms. The number of aromatic nitrogens is 2. The van der Waals surface area contributed by atoms with Gasteiger partial charge in [0.15, 0.2) is 0 Å². The van der Waals surface area contributed by atoms with Gasteiger partial charge in [-0.05, 0) is 71.3 Å². The third kappa shape index (κ3) is 4.11. The molecule has 0 saturated carbocycles. The first-order chi connectivity index (χ1) is 24.0. The maximum atomic E-state index is 3.72. The number of para-hydroxylation sites is 1. The molecule has 9 aromatic rings. The molecule has 0 fully saturated rings. The van der Waals surface area contributed by atoms with Gasteiger partial charge in [0.05, 0.1) is 16.6 Å². The van der Waals surface area contributed by atoms with Gasteiger partial charge in [-0.1, -0.05) is 126 Å². The van der Waals surface area contributed by atoms with Gasteiger partial charge in [-0.2, -0.15) is 0 Å². The van der Waals surface area contributed by atoms with Crippen LogP contribution in [-0.4, -0.2) is 9.13 Å². The molecule has 1 radical (unpaired) electrons. The molecule has 0 unspecified atom stereocenters. The summed E-state index contributed by atoms with van der Waals surface area (Å²) in [6.45, 7) is 9.21. The first-order valence-electron chi connectivity index (χ1n) is 17.3. The van der Waals surface area contributed by atoms with Crippen LogP contribution in [0.25, 0.3) is 86.7 Å². The molecule has 10 rings (SSSR count). The van der Waals surface area contributed by atoms with Gasteiger partial charge in [0.2, 0.25) is 0 Å². The molecule has 0 aliphatic carbocycles. The summed E-state index contributed by atoms with van der Waals surface area (Å²) < 4.78 is 5.31. The predicted octanol–water partition coefficient (Wildman–Crippen LogP) is 12.9. The van der Waals surface area contributed by atoms with Crippen molar-refractivity contribution >= 4 is 86.7 Å². The summed E-state index contributed by atoms with van der Waals surface area (Å²) in [7, 11) is 0. The van der Waals surface area contributed by atoms with E-state index in [0.717, 1.165) is 5.39 Å². The van der Waals surface area contributed by atoms with Crippen molar-refractivity contribution in [3.05, 3.63) is 156 Å². The molecular formula is C47H35N2Ru. The van der Waals surface area contributed by atoms with Crippen molar-refractivity contribution in [3.63, 3.8) is 0 Å². The van der Waals surface area contributed by atoms with Crippen molar-refractivity contribution in [1.29, 1.82) is 0 Å². The molecule has 0 saturated heterocycles. The van der Waals surface area contributed by atoms with Gasteiger partial charge in [-0.3, -0.25) is 0 Å². The quantitative estimate of drug-likeness (QED) is 0.109. The van der Waals surface area contributed by atoms with Crippen molar-refractivity contribution in [2.75, 3.05) is 0 Å². The van der Waals surface area contributed by atoms with Crippen LogP contribution in [0.4, 0.5) is 0 Å². The molecular weight excluding hydrogens is 694 g/mol. The van der Waals surface area contributed by atoms with Crippen molar-refractivity contribution in [3.8, 4) is 0 Å². The minimum absolute atomic E-state index is 0. The van der Waals surface area contributed by atoms with Crippen LogP contribution in [0.3, 0.4) is 0 Å². The molecule has 1 aliphatic rings. The van der Waals surface area contributed by atoms with E-state index < -0.39 is 0 Å². The Morgan fingerprint density at radius 3 is 1.42 bits per heavy atom. The second kappa shape index (κ2) is 11.4. The molecule has 3 heterocycles. The van der Waals surface area contributed by atoms with E-state index in [4.69, 9.17) is 0 Å². The van der Waals surface area contributed by atoms with Gasteiger partial charge >= 0.3 is 19.5 Å².